The van der Waals surface area contributed by atoms with E-state index in [0.29, 0.717) is 6.47 Å². The number of hydrogen-bond acceptors (Lipinski definition) is 2. The summed E-state index contributed by atoms with van der Waals surface area (Å²) in [7, 11) is 0. The molecular weight excluding hydrogens is 164 g/mol. The molecule has 2 unspecified atom stereocenters. The molecule has 0 aliphatic heterocycles. The Morgan fingerprint density at radius 3 is 2.15 bits per heavy atom. The number of ether oxygens (including phenoxy) is 1. The van der Waals surface area contributed by atoms with Crippen molar-refractivity contribution in [1.29, 1.82) is 0 Å². The van der Waals surface area contributed by atoms with Gasteiger partial charge in [0.2, 0.25) is 0 Å². The van der Waals surface area contributed by atoms with Gasteiger partial charge in [0.25, 0.3) is 6.47 Å². The normalized spacial score (nSPS) is 48.9. The molecule has 2 rings (SSSR count). The summed E-state index contributed by atoms with van der Waals surface area (Å²) in [5, 5.41) is 0. The van der Waals surface area contributed by atoms with E-state index in [-0.39, 0.29) is 16.9 Å². The summed E-state index contributed by atoms with van der Waals surface area (Å²) in [6.07, 6.45) is 6.36. The number of hydrogen-bond donors (Lipinski definition) is 0. The fourth-order valence-corrected chi connectivity index (χ4v) is 3.47. The molecule has 2 bridgehead atoms. The third-order valence-corrected chi connectivity index (χ3v) is 4.22. The van der Waals surface area contributed by atoms with Crippen molar-refractivity contribution in [3.05, 3.63) is 0 Å². The molecule has 2 aliphatic carbocycles. The van der Waals surface area contributed by atoms with Crippen LogP contribution >= 0.6 is 0 Å². The van der Waals surface area contributed by atoms with E-state index in [1.807, 2.05) is 0 Å². The van der Waals surface area contributed by atoms with Crippen molar-refractivity contribution in [2.75, 3.05) is 0 Å². The second-order valence-corrected chi connectivity index (χ2v) is 5.27. The summed E-state index contributed by atoms with van der Waals surface area (Å²) in [5.41, 5.74) is 0.543. The standard InChI is InChI=1S/C11H18O2/c1-10-4-3-5-11(2,7-6-10)9(10)13-8-12/h8-9H,3-7H2,1-2H3. The van der Waals surface area contributed by atoms with Gasteiger partial charge in [-0.05, 0) is 25.7 Å². The highest BCUT2D eigenvalue weighted by molar-refractivity contribution is 5.38. The molecule has 0 radical (unpaired) electrons. The van der Waals surface area contributed by atoms with Crippen molar-refractivity contribution < 1.29 is 9.53 Å². The van der Waals surface area contributed by atoms with Gasteiger partial charge in [0.05, 0.1) is 0 Å². The molecule has 0 spiro atoms. The van der Waals surface area contributed by atoms with E-state index in [4.69, 9.17) is 4.74 Å². The Balaban J connectivity index is 2.26. The Morgan fingerprint density at radius 2 is 1.69 bits per heavy atom. The Morgan fingerprint density at radius 1 is 1.15 bits per heavy atom. The van der Waals surface area contributed by atoms with Crippen molar-refractivity contribution in [3.63, 3.8) is 0 Å². The van der Waals surface area contributed by atoms with Crippen molar-refractivity contribution in [2.45, 2.75) is 52.1 Å². The van der Waals surface area contributed by atoms with E-state index in [2.05, 4.69) is 13.8 Å². The maximum absolute atomic E-state index is 10.5. The molecule has 0 heterocycles. The van der Waals surface area contributed by atoms with Gasteiger partial charge in [-0.25, -0.2) is 0 Å². The van der Waals surface area contributed by atoms with Crippen LogP contribution in [0.4, 0.5) is 0 Å². The van der Waals surface area contributed by atoms with Crippen molar-refractivity contribution >= 4 is 6.47 Å². The fraction of sp³-hybridized carbons (Fsp3) is 0.909. The van der Waals surface area contributed by atoms with Crippen LogP contribution in [-0.4, -0.2) is 12.6 Å². The molecule has 0 amide bonds. The molecular formula is C11H18O2. The lowest BCUT2D eigenvalue weighted by molar-refractivity contribution is -0.149. The first-order valence-corrected chi connectivity index (χ1v) is 5.20. The SMILES string of the molecule is CC12CCCC(C)(CC1)C2OC=O. The second kappa shape index (κ2) is 2.73. The Labute approximate surface area is 79.7 Å². The first-order chi connectivity index (χ1) is 6.11. The highest BCUT2D eigenvalue weighted by Gasteiger charge is 2.55. The molecule has 2 nitrogen and oxygen atoms in total. The maximum atomic E-state index is 10.5. The van der Waals surface area contributed by atoms with Crippen LogP contribution in [0, 0.1) is 10.8 Å². The topological polar surface area (TPSA) is 26.3 Å². The summed E-state index contributed by atoms with van der Waals surface area (Å²) < 4.78 is 5.30. The number of carbonyl (C=O) groups excluding carboxylic acids is 1. The van der Waals surface area contributed by atoms with Gasteiger partial charge in [0.15, 0.2) is 0 Å². The van der Waals surface area contributed by atoms with Crippen LogP contribution in [-0.2, 0) is 9.53 Å². The third kappa shape index (κ3) is 1.18. The van der Waals surface area contributed by atoms with Crippen LogP contribution in [0.3, 0.4) is 0 Å². The monoisotopic (exact) mass is 182 g/mol. The average molecular weight is 182 g/mol. The van der Waals surface area contributed by atoms with E-state index in [1.165, 1.54) is 32.1 Å². The van der Waals surface area contributed by atoms with Crippen molar-refractivity contribution in [3.8, 4) is 0 Å². The zero-order valence-corrected chi connectivity index (χ0v) is 8.51. The minimum absolute atomic E-state index is 0.172. The molecule has 2 saturated carbocycles. The molecule has 0 N–H and O–H groups in total. The molecule has 0 aromatic carbocycles. The Bertz CT molecular complexity index is 208. The molecule has 2 fully saturated rings. The quantitative estimate of drug-likeness (QED) is 0.613. The summed E-state index contributed by atoms with van der Waals surface area (Å²) >= 11 is 0. The molecule has 0 aromatic heterocycles. The minimum atomic E-state index is 0.172. The predicted molar refractivity (Wildman–Crippen MR) is 50.2 cm³/mol. The van der Waals surface area contributed by atoms with E-state index < -0.39 is 0 Å². The lowest BCUT2D eigenvalue weighted by atomic mass is 9.68. The van der Waals surface area contributed by atoms with Crippen LogP contribution in [0.1, 0.15) is 46.0 Å². The van der Waals surface area contributed by atoms with Crippen LogP contribution < -0.4 is 0 Å². The van der Waals surface area contributed by atoms with Crippen molar-refractivity contribution in [1.82, 2.24) is 0 Å². The third-order valence-electron chi connectivity index (χ3n) is 4.22. The van der Waals surface area contributed by atoms with Gasteiger partial charge >= 0.3 is 0 Å². The summed E-state index contributed by atoms with van der Waals surface area (Å²) in [5.74, 6) is 0. The van der Waals surface area contributed by atoms with Gasteiger partial charge in [0, 0.05) is 10.8 Å². The Kier molecular flexibility index (Phi) is 1.90. The largest absolute Gasteiger partial charge is 0.463 e. The molecule has 2 aliphatic rings. The smallest absolute Gasteiger partial charge is 0.293 e. The predicted octanol–water partition coefficient (Wildman–Crippen LogP) is 2.52. The highest BCUT2D eigenvalue weighted by Crippen LogP contribution is 2.59. The molecule has 13 heavy (non-hydrogen) atoms. The van der Waals surface area contributed by atoms with Crippen LogP contribution in [0.25, 0.3) is 0 Å². The highest BCUT2D eigenvalue weighted by atomic mass is 16.5. The molecule has 2 heteroatoms. The number of rotatable bonds is 2. The van der Waals surface area contributed by atoms with E-state index in [0.717, 1.165) is 0 Å². The summed E-state index contributed by atoms with van der Waals surface area (Å²) in [6, 6.07) is 0. The molecule has 0 saturated heterocycles. The first kappa shape index (κ1) is 9.04. The van der Waals surface area contributed by atoms with Gasteiger partial charge in [-0.3, -0.25) is 4.79 Å². The van der Waals surface area contributed by atoms with Crippen LogP contribution in [0.15, 0.2) is 0 Å². The van der Waals surface area contributed by atoms with E-state index in [1.54, 1.807) is 0 Å². The minimum Gasteiger partial charge on any atom is -0.463 e. The molecule has 2 atom stereocenters. The Hall–Kier alpha value is -0.530. The van der Waals surface area contributed by atoms with Crippen molar-refractivity contribution in [2.24, 2.45) is 10.8 Å². The van der Waals surface area contributed by atoms with Gasteiger partial charge in [-0.15, -0.1) is 0 Å². The number of fused-ring (bicyclic) bond motifs is 2. The second-order valence-electron chi connectivity index (χ2n) is 5.27. The van der Waals surface area contributed by atoms with Crippen LogP contribution in [0.5, 0.6) is 0 Å². The summed E-state index contributed by atoms with van der Waals surface area (Å²) in [4.78, 5) is 10.5. The molecule has 74 valence electrons. The zero-order valence-electron chi connectivity index (χ0n) is 8.51. The van der Waals surface area contributed by atoms with E-state index in [9.17, 15) is 4.79 Å². The van der Waals surface area contributed by atoms with Crippen LogP contribution in [0.2, 0.25) is 0 Å². The lowest BCUT2D eigenvalue weighted by Crippen LogP contribution is -2.42. The van der Waals surface area contributed by atoms with E-state index >= 15 is 0 Å². The van der Waals surface area contributed by atoms with Gasteiger partial charge in [0.1, 0.15) is 6.10 Å². The fourth-order valence-electron chi connectivity index (χ4n) is 3.47. The number of carbonyl (C=O) groups is 1. The zero-order chi connectivity index (χ0) is 9.53. The molecule has 0 aromatic rings. The van der Waals surface area contributed by atoms with Gasteiger partial charge in [-0.2, -0.15) is 0 Å². The van der Waals surface area contributed by atoms with Gasteiger partial charge in [-0.1, -0.05) is 20.3 Å². The van der Waals surface area contributed by atoms with Gasteiger partial charge < -0.3 is 4.74 Å². The first-order valence-electron chi connectivity index (χ1n) is 5.20. The average Bonchev–Trinajstić information content (AvgIpc) is 2.26. The maximum Gasteiger partial charge on any atom is 0.293 e. The lowest BCUT2D eigenvalue weighted by Gasteiger charge is -2.42. The summed E-state index contributed by atoms with van der Waals surface area (Å²) in [6.45, 7) is 5.18.